The summed E-state index contributed by atoms with van der Waals surface area (Å²) < 4.78 is 4.27. The predicted molar refractivity (Wildman–Crippen MR) is 24.2 cm³/mol. The highest BCUT2D eigenvalue weighted by molar-refractivity contribution is 5.10. The van der Waals surface area contributed by atoms with Crippen molar-refractivity contribution in [2.45, 2.75) is 0 Å². The van der Waals surface area contributed by atoms with Gasteiger partial charge in [0.2, 0.25) is 0 Å². The maximum Gasteiger partial charge on any atom is 0.278 e. The zero-order chi connectivity index (χ0) is 5.98. The van der Waals surface area contributed by atoms with Crippen molar-refractivity contribution < 1.29 is 9.34 Å². The lowest BCUT2D eigenvalue weighted by molar-refractivity contribution is -0.402. The Morgan fingerprint density at radius 1 is 1.88 bits per heavy atom. The minimum Gasteiger partial charge on any atom is -0.540 e. The van der Waals surface area contributed by atoms with Gasteiger partial charge in [-0.25, -0.2) is 0 Å². The molecule has 42 valence electrons. The number of hydrogen-bond acceptors (Lipinski definition) is 3. The number of hydrogen-bond donors (Lipinski definition) is 0. The summed E-state index contributed by atoms with van der Waals surface area (Å²) in [7, 11) is 0. The van der Waals surface area contributed by atoms with Crippen LogP contribution in [0.4, 0.5) is 5.88 Å². The highest BCUT2D eigenvalue weighted by Crippen LogP contribution is 2.07. The molecular formula is C4H2NO3-. The van der Waals surface area contributed by atoms with Gasteiger partial charge < -0.3 is 4.42 Å². The van der Waals surface area contributed by atoms with Crippen LogP contribution in [0.2, 0.25) is 0 Å². The second-order valence-corrected chi connectivity index (χ2v) is 1.15. The average Bonchev–Trinajstić information content (AvgIpc) is 2.12. The third-order valence-electron chi connectivity index (χ3n) is 0.637. The fourth-order valence-corrected chi connectivity index (χ4v) is 0.332. The molecule has 4 heteroatoms. The molecule has 8 heavy (non-hydrogen) atoms. The van der Waals surface area contributed by atoms with Crippen LogP contribution in [0.25, 0.3) is 0 Å². The Balaban J connectivity index is 2.93. The monoisotopic (exact) mass is 112 g/mol. The van der Waals surface area contributed by atoms with E-state index >= 15 is 0 Å². The lowest BCUT2D eigenvalue weighted by Crippen LogP contribution is -1.81. The molecule has 1 heterocycles. The molecule has 0 amide bonds. The fourth-order valence-electron chi connectivity index (χ4n) is 0.332. The lowest BCUT2D eigenvalue weighted by Gasteiger charge is -1.86. The highest BCUT2D eigenvalue weighted by atomic mass is 16.6. The Labute approximate surface area is 44.9 Å². The van der Waals surface area contributed by atoms with Gasteiger partial charge in [-0.1, -0.05) is 6.07 Å². The van der Waals surface area contributed by atoms with Gasteiger partial charge in [-0.3, -0.25) is 10.1 Å². The lowest BCUT2D eigenvalue weighted by atomic mass is 10.6. The molecule has 0 N–H and O–H groups in total. The van der Waals surface area contributed by atoms with E-state index in [4.69, 9.17) is 0 Å². The summed E-state index contributed by atoms with van der Waals surface area (Å²) in [5.41, 5.74) is 0. The topological polar surface area (TPSA) is 56.3 Å². The van der Waals surface area contributed by atoms with Gasteiger partial charge in [0.25, 0.3) is 5.88 Å². The first kappa shape index (κ1) is 4.83. The van der Waals surface area contributed by atoms with Crippen LogP contribution in [-0.4, -0.2) is 4.92 Å². The predicted octanol–water partition coefficient (Wildman–Crippen LogP) is 0.988. The molecule has 0 fully saturated rings. The Morgan fingerprint density at radius 2 is 2.62 bits per heavy atom. The number of nitrogens with zero attached hydrogens (tertiary/aromatic N) is 1. The van der Waals surface area contributed by atoms with Crippen LogP contribution in [0.15, 0.2) is 16.5 Å². The summed E-state index contributed by atoms with van der Waals surface area (Å²) in [6, 6.07) is 2.58. The van der Waals surface area contributed by atoms with E-state index in [1.165, 1.54) is 12.1 Å². The SMILES string of the molecule is O=[N+]([O-])c1cc[c-]o1. The van der Waals surface area contributed by atoms with Gasteiger partial charge >= 0.3 is 0 Å². The molecule has 0 aromatic carbocycles. The van der Waals surface area contributed by atoms with Gasteiger partial charge in [-0.2, -0.15) is 0 Å². The molecule has 0 aliphatic carbocycles. The van der Waals surface area contributed by atoms with Crippen molar-refractivity contribution in [1.29, 1.82) is 0 Å². The molecule has 0 bridgehead atoms. The van der Waals surface area contributed by atoms with Crippen LogP contribution < -0.4 is 0 Å². The molecular weight excluding hydrogens is 110 g/mol. The summed E-state index contributed by atoms with van der Waals surface area (Å²) in [5, 5.41) is 9.75. The number of nitro groups is 1. The molecule has 0 aliphatic heterocycles. The summed E-state index contributed by atoms with van der Waals surface area (Å²) in [5.74, 6) is -0.273. The second kappa shape index (κ2) is 1.65. The molecule has 1 aromatic heterocycles. The first-order valence-corrected chi connectivity index (χ1v) is 1.91. The van der Waals surface area contributed by atoms with Gasteiger partial charge in [-0.15, -0.1) is 6.07 Å². The van der Waals surface area contributed by atoms with E-state index in [-0.39, 0.29) is 5.88 Å². The van der Waals surface area contributed by atoms with Gasteiger partial charge in [0.15, 0.2) is 0 Å². The van der Waals surface area contributed by atoms with E-state index in [1.807, 2.05) is 0 Å². The zero-order valence-electron chi connectivity index (χ0n) is 3.83. The van der Waals surface area contributed by atoms with E-state index in [9.17, 15) is 10.1 Å². The molecule has 0 unspecified atom stereocenters. The third kappa shape index (κ3) is 0.676. The molecule has 0 saturated heterocycles. The van der Waals surface area contributed by atoms with Crippen molar-refractivity contribution in [3.05, 3.63) is 28.5 Å². The third-order valence-corrected chi connectivity index (χ3v) is 0.637. The first-order valence-electron chi connectivity index (χ1n) is 1.91. The van der Waals surface area contributed by atoms with Crippen LogP contribution in [0.5, 0.6) is 0 Å². The normalized spacial score (nSPS) is 9.00. The maximum atomic E-state index is 9.75. The second-order valence-electron chi connectivity index (χ2n) is 1.15. The Bertz CT molecular complexity index is 179. The minimum atomic E-state index is -0.615. The first-order chi connectivity index (χ1) is 3.80. The van der Waals surface area contributed by atoms with Crippen molar-refractivity contribution in [2.24, 2.45) is 0 Å². The fraction of sp³-hybridized carbons (Fsp3) is 0. The Morgan fingerprint density at radius 3 is 2.88 bits per heavy atom. The quantitative estimate of drug-likeness (QED) is 0.309. The van der Waals surface area contributed by atoms with Crippen molar-refractivity contribution >= 4 is 5.88 Å². The van der Waals surface area contributed by atoms with E-state index < -0.39 is 4.92 Å². The molecule has 4 nitrogen and oxygen atoms in total. The van der Waals surface area contributed by atoms with E-state index in [2.05, 4.69) is 10.7 Å². The van der Waals surface area contributed by atoms with E-state index in [0.717, 1.165) is 0 Å². The molecule has 0 aliphatic rings. The van der Waals surface area contributed by atoms with Crippen LogP contribution in [0, 0.1) is 16.4 Å². The average molecular weight is 112 g/mol. The van der Waals surface area contributed by atoms with Crippen LogP contribution in [0.1, 0.15) is 0 Å². The zero-order valence-corrected chi connectivity index (χ0v) is 3.83. The van der Waals surface area contributed by atoms with Crippen molar-refractivity contribution in [2.75, 3.05) is 0 Å². The van der Waals surface area contributed by atoms with E-state index in [0.29, 0.717) is 0 Å². The Hall–Kier alpha value is -1.32. The van der Waals surface area contributed by atoms with Gasteiger partial charge in [0, 0.05) is 4.92 Å². The minimum absolute atomic E-state index is 0.273. The van der Waals surface area contributed by atoms with Gasteiger partial charge in [0.1, 0.15) is 0 Å². The summed E-state index contributed by atoms with van der Waals surface area (Å²) in [6.07, 6.45) is 2.19. The molecule has 0 spiro atoms. The van der Waals surface area contributed by atoms with Gasteiger partial charge in [0.05, 0.1) is 0 Å². The molecule has 1 rings (SSSR count). The smallest absolute Gasteiger partial charge is 0.278 e. The summed E-state index contributed by atoms with van der Waals surface area (Å²) >= 11 is 0. The largest absolute Gasteiger partial charge is 0.540 e. The van der Waals surface area contributed by atoms with Crippen LogP contribution in [0.3, 0.4) is 0 Å². The summed E-state index contributed by atoms with van der Waals surface area (Å²) in [4.78, 5) is 9.14. The maximum absolute atomic E-state index is 9.75. The van der Waals surface area contributed by atoms with Crippen LogP contribution >= 0.6 is 0 Å². The van der Waals surface area contributed by atoms with Crippen molar-refractivity contribution in [3.8, 4) is 0 Å². The van der Waals surface area contributed by atoms with Crippen molar-refractivity contribution in [3.63, 3.8) is 0 Å². The molecule has 0 radical (unpaired) electrons. The summed E-state index contributed by atoms with van der Waals surface area (Å²) in [6.45, 7) is 0. The molecule has 0 atom stereocenters. The van der Waals surface area contributed by atoms with E-state index in [1.54, 1.807) is 0 Å². The number of rotatable bonds is 1. The number of furan rings is 1. The van der Waals surface area contributed by atoms with Gasteiger partial charge in [-0.05, 0) is 6.26 Å². The molecule has 1 aromatic rings. The molecule has 0 saturated carbocycles. The van der Waals surface area contributed by atoms with Crippen LogP contribution in [-0.2, 0) is 0 Å². The standard InChI is InChI=1S/C4H2NO3/c6-5(7)4-2-1-3-8-4/h1-2H/q-1. The van der Waals surface area contributed by atoms with Crippen molar-refractivity contribution in [1.82, 2.24) is 0 Å². The highest BCUT2D eigenvalue weighted by Gasteiger charge is 1.92. The Kier molecular flexibility index (Phi) is 0.997.